The Bertz CT molecular complexity index is 478. The Balaban J connectivity index is 2.46. The Morgan fingerprint density at radius 1 is 1.15 bits per heavy atom. The maximum absolute atomic E-state index is 11.8. The van der Waals surface area contributed by atoms with E-state index in [2.05, 4.69) is 10.6 Å². The number of nitrogens with one attached hydrogen (secondary N) is 2. The molecule has 0 saturated heterocycles. The molecule has 20 heavy (non-hydrogen) atoms. The molecule has 1 aromatic carbocycles. The minimum atomic E-state index is -0.301. The lowest BCUT2D eigenvalue weighted by atomic mass is 10.1. The largest absolute Gasteiger partial charge is 0.496 e. The summed E-state index contributed by atoms with van der Waals surface area (Å²) in [5, 5.41) is 5.38. The zero-order valence-corrected chi connectivity index (χ0v) is 12.4. The number of amides is 2. The highest BCUT2D eigenvalue weighted by molar-refractivity contribution is 5.86. The van der Waals surface area contributed by atoms with Gasteiger partial charge in [0.1, 0.15) is 5.75 Å². The first-order valence-electron chi connectivity index (χ1n) is 6.51. The molecule has 0 radical (unpaired) electrons. The third-order valence-corrected chi connectivity index (χ3v) is 2.50. The molecule has 0 aliphatic carbocycles. The summed E-state index contributed by atoms with van der Waals surface area (Å²) >= 11 is 0. The molecule has 0 aliphatic rings. The highest BCUT2D eigenvalue weighted by Crippen LogP contribution is 2.17. The first-order valence-corrected chi connectivity index (χ1v) is 6.51. The number of methoxy groups -OCH3 is 1. The van der Waals surface area contributed by atoms with E-state index in [9.17, 15) is 9.59 Å². The maximum atomic E-state index is 11.8. The lowest BCUT2D eigenvalue weighted by Gasteiger charge is -2.20. The van der Waals surface area contributed by atoms with Gasteiger partial charge in [-0.15, -0.1) is 0 Å². The second kappa shape index (κ2) is 6.93. The monoisotopic (exact) mass is 278 g/mol. The summed E-state index contributed by atoms with van der Waals surface area (Å²) in [4.78, 5) is 23.4. The molecule has 1 rings (SSSR count). The standard InChI is InChI=1S/C15H22N2O3/c1-15(2,3)17-14(19)10-16-13(18)9-11-7-5-6-8-12(11)20-4/h5-8H,9-10H2,1-4H3,(H,16,18)(H,17,19). The van der Waals surface area contributed by atoms with Crippen molar-refractivity contribution in [2.45, 2.75) is 32.7 Å². The summed E-state index contributed by atoms with van der Waals surface area (Å²) in [6.45, 7) is 5.65. The van der Waals surface area contributed by atoms with E-state index in [1.165, 1.54) is 0 Å². The van der Waals surface area contributed by atoms with Crippen molar-refractivity contribution in [3.63, 3.8) is 0 Å². The second-order valence-corrected chi connectivity index (χ2v) is 5.56. The van der Waals surface area contributed by atoms with Gasteiger partial charge in [-0.25, -0.2) is 0 Å². The van der Waals surface area contributed by atoms with E-state index in [0.29, 0.717) is 5.75 Å². The van der Waals surface area contributed by atoms with Gasteiger partial charge < -0.3 is 15.4 Å². The summed E-state index contributed by atoms with van der Waals surface area (Å²) in [6, 6.07) is 7.32. The van der Waals surface area contributed by atoms with E-state index < -0.39 is 0 Å². The first-order chi connectivity index (χ1) is 9.31. The van der Waals surface area contributed by atoms with Crippen molar-refractivity contribution in [2.24, 2.45) is 0 Å². The molecular weight excluding hydrogens is 256 g/mol. The van der Waals surface area contributed by atoms with Crippen LogP contribution in [0.3, 0.4) is 0 Å². The zero-order chi connectivity index (χ0) is 15.2. The van der Waals surface area contributed by atoms with Crippen LogP contribution in [0.4, 0.5) is 0 Å². The molecule has 0 aromatic heterocycles. The van der Waals surface area contributed by atoms with Crippen molar-refractivity contribution >= 4 is 11.8 Å². The third-order valence-electron chi connectivity index (χ3n) is 2.50. The maximum Gasteiger partial charge on any atom is 0.239 e. The smallest absolute Gasteiger partial charge is 0.239 e. The lowest BCUT2D eigenvalue weighted by molar-refractivity contribution is -0.126. The number of para-hydroxylation sites is 1. The van der Waals surface area contributed by atoms with Crippen LogP contribution in [-0.2, 0) is 16.0 Å². The molecule has 2 amide bonds. The average Bonchev–Trinajstić information content (AvgIpc) is 2.35. The van der Waals surface area contributed by atoms with Crippen LogP contribution in [-0.4, -0.2) is 31.0 Å². The van der Waals surface area contributed by atoms with Gasteiger partial charge in [0.2, 0.25) is 11.8 Å². The Labute approximate surface area is 119 Å². The Kier molecular flexibility index (Phi) is 5.55. The van der Waals surface area contributed by atoms with E-state index >= 15 is 0 Å². The predicted molar refractivity (Wildman–Crippen MR) is 77.6 cm³/mol. The van der Waals surface area contributed by atoms with Gasteiger partial charge in [-0.05, 0) is 26.8 Å². The molecule has 0 saturated carbocycles. The SMILES string of the molecule is COc1ccccc1CC(=O)NCC(=O)NC(C)(C)C. The fraction of sp³-hybridized carbons (Fsp3) is 0.467. The molecule has 5 heteroatoms. The molecule has 0 aliphatic heterocycles. The van der Waals surface area contributed by atoms with Gasteiger partial charge >= 0.3 is 0 Å². The summed E-state index contributed by atoms with van der Waals surface area (Å²) in [7, 11) is 1.56. The zero-order valence-electron chi connectivity index (χ0n) is 12.4. The quantitative estimate of drug-likeness (QED) is 0.852. The number of benzene rings is 1. The number of ether oxygens (including phenoxy) is 1. The van der Waals surface area contributed by atoms with Gasteiger partial charge in [0.15, 0.2) is 0 Å². The number of hydrogen-bond donors (Lipinski definition) is 2. The van der Waals surface area contributed by atoms with Crippen LogP contribution in [0.1, 0.15) is 26.3 Å². The molecule has 0 fully saturated rings. The Hall–Kier alpha value is -2.04. The minimum Gasteiger partial charge on any atom is -0.496 e. The van der Waals surface area contributed by atoms with Gasteiger partial charge in [-0.1, -0.05) is 18.2 Å². The Morgan fingerprint density at radius 2 is 1.80 bits per heavy atom. The fourth-order valence-electron chi connectivity index (χ4n) is 1.73. The van der Waals surface area contributed by atoms with Crippen molar-refractivity contribution in [2.75, 3.05) is 13.7 Å². The third kappa shape index (κ3) is 5.73. The summed E-state index contributed by atoms with van der Waals surface area (Å²) < 4.78 is 5.18. The highest BCUT2D eigenvalue weighted by Gasteiger charge is 2.14. The second-order valence-electron chi connectivity index (χ2n) is 5.56. The van der Waals surface area contributed by atoms with Gasteiger partial charge in [-0.3, -0.25) is 9.59 Å². The van der Waals surface area contributed by atoms with E-state index in [1.54, 1.807) is 13.2 Å². The summed E-state index contributed by atoms with van der Waals surface area (Å²) in [5.41, 5.74) is 0.494. The van der Waals surface area contributed by atoms with Gasteiger partial charge in [-0.2, -0.15) is 0 Å². The van der Waals surface area contributed by atoms with E-state index in [1.807, 2.05) is 39.0 Å². The van der Waals surface area contributed by atoms with Crippen LogP contribution in [0, 0.1) is 0 Å². The molecule has 1 aromatic rings. The van der Waals surface area contributed by atoms with Gasteiger partial charge in [0.05, 0.1) is 20.1 Å². The van der Waals surface area contributed by atoms with Crippen molar-refractivity contribution < 1.29 is 14.3 Å². The molecule has 0 atom stereocenters. The molecule has 2 N–H and O–H groups in total. The number of carbonyl (C=O) groups is 2. The van der Waals surface area contributed by atoms with Crippen molar-refractivity contribution in [3.8, 4) is 5.75 Å². The van der Waals surface area contributed by atoms with Crippen molar-refractivity contribution in [3.05, 3.63) is 29.8 Å². The Morgan fingerprint density at radius 3 is 2.40 bits per heavy atom. The summed E-state index contributed by atoms with van der Waals surface area (Å²) in [6.07, 6.45) is 0.187. The van der Waals surface area contributed by atoms with Crippen LogP contribution < -0.4 is 15.4 Å². The summed E-state index contributed by atoms with van der Waals surface area (Å²) in [5.74, 6) is 0.256. The highest BCUT2D eigenvalue weighted by atomic mass is 16.5. The lowest BCUT2D eigenvalue weighted by Crippen LogP contribution is -2.46. The predicted octanol–water partition coefficient (Wildman–Crippen LogP) is 1.27. The number of carbonyl (C=O) groups excluding carboxylic acids is 2. The molecule has 110 valence electrons. The van der Waals surface area contributed by atoms with Crippen LogP contribution in [0.2, 0.25) is 0 Å². The van der Waals surface area contributed by atoms with Crippen molar-refractivity contribution in [1.29, 1.82) is 0 Å². The van der Waals surface area contributed by atoms with Gasteiger partial charge in [0.25, 0.3) is 0 Å². The molecule has 0 unspecified atom stereocenters. The first kappa shape index (κ1) is 16.0. The van der Waals surface area contributed by atoms with Crippen LogP contribution >= 0.6 is 0 Å². The van der Waals surface area contributed by atoms with Crippen LogP contribution in [0.25, 0.3) is 0 Å². The number of hydrogen-bond acceptors (Lipinski definition) is 3. The van der Waals surface area contributed by atoms with Crippen LogP contribution in [0.15, 0.2) is 24.3 Å². The number of rotatable bonds is 5. The minimum absolute atomic E-state index is 0.0226. The normalized spacial score (nSPS) is 10.8. The molecule has 0 heterocycles. The molecular formula is C15H22N2O3. The molecule has 5 nitrogen and oxygen atoms in total. The van der Waals surface area contributed by atoms with E-state index in [-0.39, 0.29) is 30.3 Å². The van der Waals surface area contributed by atoms with Gasteiger partial charge in [0, 0.05) is 11.1 Å². The molecule has 0 spiro atoms. The van der Waals surface area contributed by atoms with Crippen molar-refractivity contribution in [1.82, 2.24) is 10.6 Å². The average molecular weight is 278 g/mol. The fourth-order valence-corrected chi connectivity index (χ4v) is 1.73. The topological polar surface area (TPSA) is 67.4 Å². The molecule has 0 bridgehead atoms. The van der Waals surface area contributed by atoms with E-state index in [4.69, 9.17) is 4.74 Å². The van der Waals surface area contributed by atoms with Crippen LogP contribution in [0.5, 0.6) is 5.75 Å². The van der Waals surface area contributed by atoms with E-state index in [0.717, 1.165) is 5.56 Å².